The van der Waals surface area contributed by atoms with Crippen molar-refractivity contribution in [2.75, 3.05) is 39.3 Å². The van der Waals surface area contributed by atoms with Crippen molar-refractivity contribution in [1.82, 2.24) is 15.1 Å². The molecule has 4 saturated heterocycles. The van der Waals surface area contributed by atoms with Gasteiger partial charge in [0.15, 0.2) is 0 Å². The molecule has 24 heavy (non-hydrogen) atoms. The van der Waals surface area contributed by atoms with E-state index in [1.165, 1.54) is 58.4 Å². The third kappa shape index (κ3) is 3.50. The molecule has 0 aromatic heterocycles. The van der Waals surface area contributed by atoms with Crippen molar-refractivity contribution < 1.29 is 4.79 Å². The summed E-state index contributed by atoms with van der Waals surface area (Å²) in [5.41, 5.74) is 0.764. The first kappa shape index (κ1) is 16.1. The molecule has 2 bridgehead atoms. The largest absolute Gasteiger partial charge is 0.350 e. The van der Waals surface area contributed by atoms with E-state index in [1.807, 2.05) is 30.3 Å². The van der Waals surface area contributed by atoms with Crippen molar-refractivity contribution in [2.45, 2.75) is 31.7 Å². The molecule has 5 rings (SSSR count). The van der Waals surface area contributed by atoms with E-state index in [4.69, 9.17) is 0 Å². The fourth-order valence-corrected chi connectivity index (χ4v) is 4.87. The van der Waals surface area contributed by atoms with Gasteiger partial charge in [0.05, 0.1) is 0 Å². The van der Waals surface area contributed by atoms with Gasteiger partial charge in [-0.1, -0.05) is 18.2 Å². The molecular weight excluding hydrogens is 298 g/mol. The number of carbonyl (C=O) groups excluding carboxylic acids is 1. The van der Waals surface area contributed by atoms with Gasteiger partial charge >= 0.3 is 0 Å². The van der Waals surface area contributed by atoms with Gasteiger partial charge in [-0.3, -0.25) is 9.69 Å². The van der Waals surface area contributed by atoms with E-state index in [1.54, 1.807) is 0 Å². The molecule has 4 fully saturated rings. The predicted octanol–water partition coefficient (Wildman–Crippen LogP) is 2.22. The minimum atomic E-state index is 0.0619. The van der Waals surface area contributed by atoms with E-state index in [0.717, 1.165) is 23.9 Å². The van der Waals surface area contributed by atoms with Crippen molar-refractivity contribution in [2.24, 2.45) is 11.8 Å². The van der Waals surface area contributed by atoms with Crippen LogP contribution in [0.5, 0.6) is 0 Å². The highest BCUT2D eigenvalue weighted by atomic mass is 16.1. The Morgan fingerprint density at radius 1 is 1.12 bits per heavy atom. The zero-order chi connectivity index (χ0) is 16.4. The Morgan fingerprint density at radius 2 is 1.92 bits per heavy atom. The highest BCUT2D eigenvalue weighted by molar-refractivity contribution is 5.94. The van der Waals surface area contributed by atoms with Crippen LogP contribution in [0.2, 0.25) is 0 Å². The molecule has 4 aliphatic rings. The Hall–Kier alpha value is -1.39. The summed E-state index contributed by atoms with van der Waals surface area (Å²) >= 11 is 0. The average Bonchev–Trinajstić information content (AvgIpc) is 3.14. The number of benzene rings is 1. The zero-order valence-corrected chi connectivity index (χ0v) is 14.5. The third-order valence-corrected chi connectivity index (χ3v) is 6.24. The first-order valence-corrected chi connectivity index (χ1v) is 9.59. The number of nitrogens with zero attached hydrogens (tertiary/aromatic N) is 2. The molecule has 4 nitrogen and oxygen atoms in total. The summed E-state index contributed by atoms with van der Waals surface area (Å²) in [5, 5.41) is 3.15. The topological polar surface area (TPSA) is 35.6 Å². The summed E-state index contributed by atoms with van der Waals surface area (Å²) in [5.74, 6) is 1.76. The lowest BCUT2D eigenvalue weighted by Crippen LogP contribution is -2.58. The van der Waals surface area contributed by atoms with Gasteiger partial charge in [-0.2, -0.15) is 0 Å². The fourth-order valence-electron chi connectivity index (χ4n) is 4.87. The molecule has 4 heteroatoms. The molecule has 0 saturated carbocycles. The molecule has 4 atom stereocenters. The molecule has 4 heterocycles. The summed E-state index contributed by atoms with van der Waals surface area (Å²) < 4.78 is 0. The lowest BCUT2D eigenvalue weighted by Gasteiger charge is -2.50. The summed E-state index contributed by atoms with van der Waals surface area (Å²) in [4.78, 5) is 17.5. The van der Waals surface area contributed by atoms with Crippen LogP contribution in [-0.2, 0) is 0 Å². The van der Waals surface area contributed by atoms with Gasteiger partial charge in [0, 0.05) is 31.2 Å². The highest BCUT2D eigenvalue weighted by Gasteiger charge is 2.40. The molecule has 130 valence electrons. The number of hydrogen-bond donors (Lipinski definition) is 1. The normalized spacial score (nSPS) is 32.8. The van der Waals surface area contributed by atoms with Gasteiger partial charge in [-0.25, -0.2) is 0 Å². The lowest BCUT2D eigenvalue weighted by atomic mass is 9.75. The van der Waals surface area contributed by atoms with Crippen LogP contribution in [0.25, 0.3) is 0 Å². The van der Waals surface area contributed by atoms with E-state index in [9.17, 15) is 4.79 Å². The number of rotatable bonds is 5. The lowest BCUT2D eigenvalue weighted by molar-refractivity contribution is -0.00904. The Balaban J connectivity index is 1.28. The molecule has 1 N–H and O–H groups in total. The van der Waals surface area contributed by atoms with Crippen LogP contribution in [0.15, 0.2) is 30.3 Å². The second-order valence-corrected chi connectivity index (χ2v) is 7.78. The van der Waals surface area contributed by atoms with Gasteiger partial charge in [0.2, 0.25) is 0 Å². The highest BCUT2D eigenvalue weighted by Crippen LogP contribution is 2.36. The summed E-state index contributed by atoms with van der Waals surface area (Å²) in [6.07, 6.45) is 5.37. The zero-order valence-electron chi connectivity index (χ0n) is 14.5. The summed E-state index contributed by atoms with van der Waals surface area (Å²) in [7, 11) is 0. The number of likely N-dealkylation sites (tertiary alicyclic amines) is 1. The Labute approximate surface area is 145 Å². The molecule has 4 aliphatic heterocycles. The maximum absolute atomic E-state index is 12.3. The molecule has 1 aromatic carbocycles. The Kier molecular flexibility index (Phi) is 4.86. The van der Waals surface area contributed by atoms with Gasteiger partial charge in [-0.15, -0.1) is 0 Å². The SMILES string of the molecule is O=C(NC[C@@H]1C[C@H]2CCN1C[C@@H]2CN1CCCC1)c1ccccc1. The smallest absolute Gasteiger partial charge is 0.251 e. The maximum Gasteiger partial charge on any atom is 0.251 e. The molecule has 1 aromatic rings. The monoisotopic (exact) mass is 327 g/mol. The van der Waals surface area contributed by atoms with Crippen LogP contribution in [0, 0.1) is 11.8 Å². The van der Waals surface area contributed by atoms with Crippen LogP contribution in [0.1, 0.15) is 36.0 Å². The number of carbonyl (C=O) groups is 1. The second-order valence-electron chi connectivity index (χ2n) is 7.78. The minimum absolute atomic E-state index is 0.0619. The first-order chi connectivity index (χ1) is 11.8. The fraction of sp³-hybridized carbons (Fsp3) is 0.650. The quantitative estimate of drug-likeness (QED) is 0.901. The predicted molar refractivity (Wildman–Crippen MR) is 96.0 cm³/mol. The summed E-state index contributed by atoms with van der Waals surface area (Å²) in [6, 6.07) is 10.1. The average molecular weight is 327 g/mol. The minimum Gasteiger partial charge on any atom is -0.350 e. The van der Waals surface area contributed by atoms with Gasteiger partial charge < -0.3 is 10.2 Å². The van der Waals surface area contributed by atoms with Gasteiger partial charge in [0.25, 0.3) is 5.91 Å². The van der Waals surface area contributed by atoms with E-state index >= 15 is 0 Å². The van der Waals surface area contributed by atoms with Crippen molar-refractivity contribution in [3.63, 3.8) is 0 Å². The number of hydrogen-bond acceptors (Lipinski definition) is 3. The summed E-state index contributed by atoms with van der Waals surface area (Å²) in [6.45, 7) is 7.14. The molecule has 1 amide bonds. The van der Waals surface area contributed by atoms with Crippen molar-refractivity contribution in [3.05, 3.63) is 35.9 Å². The van der Waals surface area contributed by atoms with Gasteiger partial charge in [0.1, 0.15) is 0 Å². The number of piperidine rings is 3. The number of fused-ring (bicyclic) bond motifs is 3. The molecule has 0 aliphatic carbocycles. The van der Waals surface area contributed by atoms with Crippen LogP contribution < -0.4 is 5.32 Å². The molecule has 0 spiro atoms. The number of amides is 1. The van der Waals surface area contributed by atoms with Crippen LogP contribution in [0.4, 0.5) is 0 Å². The Bertz CT molecular complexity index is 555. The van der Waals surface area contributed by atoms with E-state index in [0.29, 0.717) is 6.04 Å². The van der Waals surface area contributed by atoms with E-state index < -0.39 is 0 Å². The van der Waals surface area contributed by atoms with Crippen LogP contribution in [0.3, 0.4) is 0 Å². The standard InChI is InChI=1S/C20H29N3O/c24-20(16-6-2-1-3-7-16)21-13-19-12-17-8-11-23(19)15-18(17)14-22-9-4-5-10-22/h1-3,6-7,17-19H,4-5,8-15H2,(H,21,24)/t17-,18+,19+/m1/s1. The first-order valence-electron chi connectivity index (χ1n) is 9.59. The molecular formula is C20H29N3O. The van der Waals surface area contributed by atoms with Crippen molar-refractivity contribution in [3.8, 4) is 0 Å². The van der Waals surface area contributed by atoms with E-state index in [2.05, 4.69) is 15.1 Å². The second kappa shape index (κ2) is 7.24. The molecule has 0 radical (unpaired) electrons. The van der Waals surface area contributed by atoms with Crippen LogP contribution in [-0.4, -0.2) is 61.0 Å². The van der Waals surface area contributed by atoms with Crippen LogP contribution >= 0.6 is 0 Å². The Morgan fingerprint density at radius 3 is 2.62 bits per heavy atom. The van der Waals surface area contributed by atoms with Crippen molar-refractivity contribution in [1.29, 1.82) is 0 Å². The van der Waals surface area contributed by atoms with Crippen molar-refractivity contribution >= 4 is 5.91 Å². The number of nitrogens with one attached hydrogen (secondary N) is 1. The third-order valence-electron chi connectivity index (χ3n) is 6.24. The van der Waals surface area contributed by atoms with E-state index in [-0.39, 0.29) is 5.91 Å². The maximum atomic E-state index is 12.3. The molecule has 1 unspecified atom stereocenters. The van der Waals surface area contributed by atoms with Gasteiger partial charge in [-0.05, 0) is 69.3 Å².